The maximum Gasteiger partial charge on any atom is 0.229 e. The first-order valence-electron chi connectivity index (χ1n) is 9.14. The summed E-state index contributed by atoms with van der Waals surface area (Å²) in [5.41, 5.74) is 4.89. The summed E-state index contributed by atoms with van der Waals surface area (Å²) in [5, 5.41) is 11.4. The van der Waals surface area contributed by atoms with E-state index in [1.165, 1.54) is 0 Å². The van der Waals surface area contributed by atoms with Crippen LogP contribution in [-0.4, -0.2) is 23.4 Å². The smallest absolute Gasteiger partial charge is 0.229 e. The van der Waals surface area contributed by atoms with Gasteiger partial charge in [-0.15, -0.1) is 0 Å². The number of amides is 1. The average Bonchev–Trinajstić information content (AvgIpc) is 2.70. The van der Waals surface area contributed by atoms with Crippen LogP contribution in [0.3, 0.4) is 0 Å². The Morgan fingerprint density at radius 3 is 2.71 bits per heavy atom. The van der Waals surface area contributed by atoms with Crippen molar-refractivity contribution in [2.24, 2.45) is 0 Å². The lowest BCUT2D eigenvalue weighted by molar-refractivity contribution is -0.129. The lowest BCUT2D eigenvalue weighted by Crippen LogP contribution is -2.47. The molecule has 0 bridgehead atoms. The molecule has 28 heavy (non-hydrogen) atoms. The van der Waals surface area contributed by atoms with Crippen molar-refractivity contribution < 1.29 is 4.79 Å². The Hall–Kier alpha value is -2.42. The van der Waals surface area contributed by atoms with E-state index >= 15 is 0 Å². The Morgan fingerprint density at radius 1 is 1.18 bits per heavy atom. The SMILES string of the molecule is Cc1ccccc1[C@H]1CC(=O)N2CN(c3cccc(Cl)c3C)CSC2=C1C#N. The highest BCUT2D eigenvalue weighted by molar-refractivity contribution is 8.03. The summed E-state index contributed by atoms with van der Waals surface area (Å²) in [6.45, 7) is 4.46. The molecule has 1 atom stereocenters. The summed E-state index contributed by atoms with van der Waals surface area (Å²) < 4.78 is 0. The summed E-state index contributed by atoms with van der Waals surface area (Å²) in [7, 11) is 0. The number of fused-ring (bicyclic) bond motifs is 1. The molecule has 2 aromatic carbocycles. The molecule has 0 aromatic heterocycles. The molecule has 1 amide bonds. The largest absolute Gasteiger partial charge is 0.343 e. The number of thioether (sulfide) groups is 1. The molecular formula is C22H20ClN3OS. The van der Waals surface area contributed by atoms with E-state index in [1.54, 1.807) is 16.7 Å². The Balaban J connectivity index is 1.70. The molecule has 4 rings (SSSR count). The van der Waals surface area contributed by atoms with Gasteiger partial charge in [0.2, 0.25) is 5.91 Å². The molecule has 142 valence electrons. The van der Waals surface area contributed by atoms with E-state index in [0.717, 1.165) is 27.4 Å². The standard InChI is InChI=1S/C22H20ClN3OS/c1-14-6-3-4-7-16(14)17-10-21(27)26-12-25(13-28-22(26)18(17)11-24)20-9-5-8-19(23)15(20)2/h3-9,17H,10,12-13H2,1-2H3/t17-/m1/s1. The van der Waals surface area contributed by atoms with Crippen molar-refractivity contribution in [1.29, 1.82) is 5.26 Å². The lowest BCUT2D eigenvalue weighted by atomic mass is 9.84. The normalized spacial score (nSPS) is 19.5. The number of anilines is 1. The molecule has 4 nitrogen and oxygen atoms in total. The number of aryl methyl sites for hydroxylation is 1. The molecule has 2 aromatic rings. The second-order valence-electron chi connectivity index (χ2n) is 7.10. The van der Waals surface area contributed by atoms with Gasteiger partial charge in [0.15, 0.2) is 0 Å². The van der Waals surface area contributed by atoms with E-state index in [4.69, 9.17) is 11.6 Å². The fourth-order valence-electron chi connectivity index (χ4n) is 3.90. The van der Waals surface area contributed by atoms with Gasteiger partial charge in [0.25, 0.3) is 0 Å². The van der Waals surface area contributed by atoms with Gasteiger partial charge >= 0.3 is 0 Å². The van der Waals surface area contributed by atoms with Crippen molar-refractivity contribution in [3.05, 3.63) is 74.8 Å². The molecule has 0 N–H and O–H groups in total. The predicted octanol–water partition coefficient (Wildman–Crippen LogP) is 5.18. The van der Waals surface area contributed by atoms with Gasteiger partial charge in [-0.05, 0) is 42.7 Å². The van der Waals surface area contributed by atoms with Gasteiger partial charge in [-0.25, -0.2) is 0 Å². The molecule has 2 aliphatic heterocycles. The predicted molar refractivity (Wildman–Crippen MR) is 114 cm³/mol. The number of carbonyl (C=O) groups excluding carboxylic acids is 1. The number of nitriles is 1. The van der Waals surface area contributed by atoms with Crippen LogP contribution in [0.15, 0.2) is 53.1 Å². The zero-order valence-electron chi connectivity index (χ0n) is 15.8. The summed E-state index contributed by atoms with van der Waals surface area (Å²) in [5.74, 6) is 0.558. The first kappa shape index (κ1) is 18.9. The van der Waals surface area contributed by atoms with E-state index < -0.39 is 0 Å². The monoisotopic (exact) mass is 409 g/mol. The van der Waals surface area contributed by atoms with E-state index in [9.17, 15) is 10.1 Å². The summed E-state index contributed by atoms with van der Waals surface area (Å²) in [6.07, 6.45) is 0.320. The molecule has 0 saturated carbocycles. The van der Waals surface area contributed by atoms with E-state index in [-0.39, 0.29) is 11.8 Å². The number of allylic oxidation sites excluding steroid dienone is 1. The maximum absolute atomic E-state index is 13.0. The molecule has 2 heterocycles. The molecule has 0 spiro atoms. The van der Waals surface area contributed by atoms with Gasteiger partial charge in [0, 0.05) is 23.0 Å². The first-order valence-corrected chi connectivity index (χ1v) is 10.5. The van der Waals surface area contributed by atoms with Crippen LogP contribution in [0, 0.1) is 25.2 Å². The minimum Gasteiger partial charge on any atom is -0.343 e. The highest BCUT2D eigenvalue weighted by Crippen LogP contribution is 2.44. The van der Waals surface area contributed by atoms with Crippen molar-refractivity contribution >= 4 is 35.0 Å². The molecule has 2 aliphatic rings. The van der Waals surface area contributed by atoms with Crippen LogP contribution in [0.2, 0.25) is 5.02 Å². The van der Waals surface area contributed by atoms with Crippen LogP contribution in [0.1, 0.15) is 29.0 Å². The molecule has 1 saturated heterocycles. The molecule has 0 aliphatic carbocycles. The van der Waals surface area contributed by atoms with E-state index in [0.29, 0.717) is 29.6 Å². The van der Waals surface area contributed by atoms with Gasteiger partial charge in [0.1, 0.15) is 0 Å². The number of carbonyl (C=O) groups is 1. The van der Waals surface area contributed by atoms with Crippen LogP contribution in [0.25, 0.3) is 0 Å². The molecular weight excluding hydrogens is 390 g/mol. The van der Waals surface area contributed by atoms with Gasteiger partial charge in [-0.2, -0.15) is 5.26 Å². The summed E-state index contributed by atoms with van der Waals surface area (Å²) in [6, 6.07) is 16.2. The minimum atomic E-state index is -0.170. The van der Waals surface area contributed by atoms with Crippen LogP contribution in [0.5, 0.6) is 0 Å². The maximum atomic E-state index is 13.0. The highest BCUT2D eigenvalue weighted by Gasteiger charge is 2.38. The highest BCUT2D eigenvalue weighted by atomic mass is 35.5. The summed E-state index contributed by atoms with van der Waals surface area (Å²) >= 11 is 7.83. The van der Waals surface area contributed by atoms with Crippen LogP contribution in [0.4, 0.5) is 5.69 Å². The van der Waals surface area contributed by atoms with Crippen molar-refractivity contribution in [1.82, 2.24) is 4.90 Å². The van der Waals surface area contributed by atoms with Gasteiger partial charge < -0.3 is 4.90 Å². The number of hydrogen-bond donors (Lipinski definition) is 0. The molecule has 0 radical (unpaired) electrons. The van der Waals surface area contributed by atoms with Gasteiger partial charge in [0.05, 0.1) is 29.2 Å². The number of nitrogens with zero attached hydrogens (tertiary/aromatic N) is 3. The number of rotatable bonds is 2. The first-order chi connectivity index (χ1) is 13.5. The quantitative estimate of drug-likeness (QED) is 0.685. The second kappa shape index (κ2) is 7.54. The Kier molecular flexibility index (Phi) is 5.09. The van der Waals surface area contributed by atoms with Crippen LogP contribution in [-0.2, 0) is 4.79 Å². The Bertz CT molecular complexity index is 1030. The Labute approximate surface area is 174 Å². The van der Waals surface area contributed by atoms with Gasteiger partial charge in [-0.3, -0.25) is 9.69 Å². The van der Waals surface area contributed by atoms with E-state index in [1.807, 2.05) is 56.3 Å². The average molecular weight is 410 g/mol. The Morgan fingerprint density at radius 2 is 1.96 bits per heavy atom. The second-order valence-corrected chi connectivity index (χ2v) is 8.45. The fourth-order valence-corrected chi connectivity index (χ4v) is 5.22. The van der Waals surface area contributed by atoms with Crippen molar-refractivity contribution in [3.63, 3.8) is 0 Å². The molecule has 1 fully saturated rings. The number of halogens is 1. The molecule has 6 heteroatoms. The number of hydrogen-bond acceptors (Lipinski definition) is 4. The number of benzene rings is 2. The third-order valence-corrected chi connectivity index (χ3v) is 7.00. The van der Waals surface area contributed by atoms with Gasteiger partial charge in [-0.1, -0.05) is 53.7 Å². The van der Waals surface area contributed by atoms with Crippen molar-refractivity contribution in [2.45, 2.75) is 26.2 Å². The fraction of sp³-hybridized carbons (Fsp3) is 0.273. The van der Waals surface area contributed by atoms with Crippen LogP contribution >= 0.6 is 23.4 Å². The van der Waals surface area contributed by atoms with Crippen molar-refractivity contribution in [3.8, 4) is 6.07 Å². The molecule has 0 unspecified atom stereocenters. The topological polar surface area (TPSA) is 47.3 Å². The van der Waals surface area contributed by atoms with E-state index in [2.05, 4.69) is 11.0 Å². The summed E-state index contributed by atoms with van der Waals surface area (Å²) in [4.78, 5) is 16.9. The third kappa shape index (κ3) is 3.17. The minimum absolute atomic E-state index is 0.0548. The third-order valence-electron chi connectivity index (χ3n) is 5.44. The lowest BCUT2D eigenvalue weighted by Gasteiger charge is -2.42. The van der Waals surface area contributed by atoms with Crippen LogP contribution < -0.4 is 4.90 Å². The van der Waals surface area contributed by atoms with Crippen molar-refractivity contribution in [2.75, 3.05) is 17.4 Å². The zero-order chi connectivity index (χ0) is 19.8. The zero-order valence-corrected chi connectivity index (χ0v) is 17.3.